The van der Waals surface area contributed by atoms with Crippen LogP contribution in [0.2, 0.25) is 0 Å². The van der Waals surface area contributed by atoms with E-state index < -0.39 is 6.10 Å². The predicted molar refractivity (Wildman–Crippen MR) is 56.3 cm³/mol. The van der Waals surface area contributed by atoms with Gasteiger partial charge in [-0.2, -0.15) is 0 Å². The third kappa shape index (κ3) is 1.87. The van der Waals surface area contributed by atoms with Gasteiger partial charge in [0.25, 0.3) is 0 Å². The van der Waals surface area contributed by atoms with E-state index in [0.29, 0.717) is 0 Å². The minimum Gasteiger partial charge on any atom is -0.387 e. The quantitative estimate of drug-likeness (QED) is 0.775. The molecule has 1 unspecified atom stereocenters. The first-order chi connectivity index (χ1) is 6.77. The summed E-state index contributed by atoms with van der Waals surface area (Å²) in [6, 6.07) is 3.94. The van der Waals surface area contributed by atoms with Crippen LogP contribution < -0.4 is 4.90 Å². The second-order valence-electron chi connectivity index (χ2n) is 3.81. The molecular weight excluding hydrogens is 176 g/mol. The van der Waals surface area contributed by atoms with Gasteiger partial charge in [-0.25, -0.2) is 0 Å². The van der Waals surface area contributed by atoms with Crippen molar-refractivity contribution < 1.29 is 5.11 Å². The standard InChI is InChI=1S/C11H16N2O/c1-9(14)11-5-4-10(8-12-11)13-6-2-3-7-13/h4-5,8-9,14H,2-3,6-7H2,1H3. The highest BCUT2D eigenvalue weighted by molar-refractivity contribution is 5.45. The summed E-state index contributed by atoms with van der Waals surface area (Å²) in [5, 5.41) is 9.30. The van der Waals surface area contributed by atoms with Crippen LogP contribution in [0.15, 0.2) is 18.3 Å². The lowest BCUT2D eigenvalue weighted by molar-refractivity contribution is 0.194. The molecule has 2 heterocycles. The van der Waals surface area contributed by atoms with Crippen LogP contribution in [0.5, 0.6) is 0 Å². The zero-order valence-electron chi connectivity index (χ0n) is 8.48. The number of aliphatic hydroxyl groups is 1. The Hall–Kier alpha value is -1.09. The van der Waals surface area contributed by atoms with Crippen molar-refractivity contribution in [2.75, 3.05) is 18.0 Å². The molecule has 3 nitrogen and oxygen atoms in total. The smallest absolute Gasteiger partial charge is 0.0931 e. The van der Waals surface area contributed by atoms with Gasteiger partial charge in [-0.05, 0) is 31.9 Å². The molecule has 1 fully saturated rings. The summed E-state index contributed by atoms with van der Waals surface area (Å²) in [6.45, 7) is 4.00. The molecule has 0 radical (unpaired) electrons. The highest BCUT2D eigenvalue weighted by atomic mass is 16.3. The highest BCUT2D eigenvalue weighted by Crippen LogP contribution is 2.20. The molecular formula is C11H16N2O. The lowest BCUT2D eigenvalue weighted by Gasteiger charge is -2.17. The zero-order valence-corrected chi connectivity index (χ0v) is 8.48. The molecule has 2 rings (SSSR count). The van der Waals surface area contributed by atoms with Gasteiger partial charge >= 0.3 is 0 Å². The van der Waals surface area contributed by atoms with Crippen LogP contribution in [-0.4, -0.2) is 23.2 Å². The Morgan fingerprint density at radius 1 is 1.36 bits per heavy atom. The Bertz CT molecular complexity index is 289. The summed E-state index contributed by atoms with van der Waals surface area (Å²) in [4.78, 5) is 6.56. The minimum absolute atomic E-state index is 0.470. The zero-order chi connectivity index (χ0) is 9.97. The van der Waals surface area contributed by atoms with Crippen molar-refractivity contribution in [3.8, 4) is 0 Å². The lowest BCUT2D eigenvalue weighted by Crippen LogP contribution is -2.17. The second-order valence-corrected chi connectivity index (χ2v) is 3.81. The number of hydrogen-bond donors (Lipinski definition) is 1. The van der Waals surface area contributed by atoms with Crippen LogP contribution in [-0.2, 0) is 0 Å². The van der Waals surface area contributed by atoms with Crippen molar-refractivity contribution in [1.82, 2.24) is 4.98 Å². The number of anilines is 1. The summed E-state index contributed by atoms with van der Waals surface area (Å²) in [5.41, 5.74) is 1.92. The van der Waals surface area contributed by atoms with Gasteiger partial charge in [-0.1, -0.05) is 0 Å². The molecule has 0 aliphatic carbocycles. The highest BCUT2D eigenvalue weighted by Gasteiger charge is 2.12. The van der Waals surface area contributed by atoms with Crippen LogP contribution in [0, 0.1) is 0 Å². The number of rotatable bonds is 2. The monoisotopic (exact) mass is 192 g/mol. The fourth-order valence-corrected chi connectivity index (χ4v) is 1.81. The van der Waals surface area contributed by atoms with Crippen molar-refractivity contribution in [3.05, 3.63) is 24.0 Å². The first-order valence-corrected chi connectivity index (χ1v) is 5.16. The molecule has 1 saturated heterocycles. The van der Waals surface area contributed by atoms with Crippen LogP contribution in [0.4, 0.5) is 5.69 Å². The number of aromatic nitrogens is 1. The van der Waals surface area contributed by atoms with Crippen LogP contribution in [0.3, 0.4) is 0 Å². The lowest BCUT2D eigenvalue weighted by atomic mass is 10.2. The molecule has 1 aliphatic rings. The van der Waals surface area contributed by atoms with Gasteiger partial charge in [0.2, 0.25) is 0 Å². The maximum Gasteiger partial charge on any atom is 0.0931 e. The Balaban J connectivity index is 2.12. The number of pyridine rings is 1. The van der Waals surface area contributed by atoms with Crippen molar-refractivity contribution in [3.63, 3.8) is 0 Å². The van der Waals surface area contributed by atoms with Gasteiger partial charge < -0.3 is 10.0 Å². The number of aliphatic hydroxyl groups excluding tert-OH is 1. The summed E-state index contributed by atoms with van der Waals surface area (Å²) >= 11 is 0. The van der Waals surface area contributed by atoms with Gasteiger partial charge in [0.15, 0.2) is 0 Å². The molecule has 1 atom stereocenters. The van der Waals surface area contributed by atoms with E-state index in [9.17, 15) is 5.11 Å². The summed E-state index contributed by atoms with van der Waals surface area (Å²) in [6.07, 6.45) is 3.94. The molecule has 0 spiro atoms. The van der Waals surface area contributed by atoms with Crippen molar-refractivity contribution in [1.29, 1.82) is 0 Å². The molecule has 76 valence electrons. The largest absolute Gasteiger partial charge is 0.387 e. The molecule has 0 saturated carbocycles. The molecule has 14 heavy (non-hydrogen) atoms. The maximum atomic E-state index is 9.30. The number of hydrogen-bond acceptors (Lipinski definition) is 3. The van der Waals surface area contributed by atoms with Crippen LogP contribution >= 0.6 is 0 Å². The molecule has 0 amide bonds. The van der Waals surface area contributed by atoms with Gasteiger partial charge in [-0.3, -0.25) is 4.98 Å². The van der Waals surface area contributed by atoms with Gasteiger partial charge in [-0.15, -0.1) is 0 Å². The first kappa shape index (κ1) is 9.46. The van der Waals surface area contributed by atoms with E-state index in [0.717, 1.165) is 18.8 Å². The first-order valence-electron chi connectivity index (χ1n) is 5.16. The van der Waals surface area contributed by atoms with Crippen molar-refractivity contribution in [2.45, 2.75) is 25.9 Å². The number of nitrogens with zero attached hydrogens (tertiary/aromatic N) is 2. The van der Waals surface area contributed by atoms with Gasteiger partial charge in [0, 0.05) is 13.1 Å². The van der Waals surface area contributed by atoms with E-state index in [1.165, 1.54) is 18.5 Å². The molecule has 1 aliphatic heterocycles. The third-order valence-corrected chi connectivity index (χ3v) is 2.67. The van der Waals surface area contributed by atoms with Crippen molar-refractivity contribution in [2.24, 2.45) is 0 Å². The minimum atomic E-state index is -0.470. The normalized spacial score (nSPS) is 18.6. The summed E-state index contributed by atoms with van der Waals surface area (Å²) in [5.74, 6) is 0. The second kappa shape index (κ2) is 3.96. The predicted octanol–water partition coefficient (Wildman–Crippen LogP) is 1.74. The fourth-order valence-electron chi connectivity index (χ4n) is 1.81. The summed E-state index contributed by atoms with van der Waals surface area (Å²) < 4.78 is 0. The molecule has 3 heteroatoms. The van der Waals surface area contributed by atoms with E-state index in [2.05, 4.69) is 9.88 Å². The average molecular weight is 192 g/mol. The van der Waals surface area contributed by atoms with E-state index in [-0.39, 0.29) is 0 Å². The molecule has 1 aromatic heterocycles. The van der Waals surface area contributed by atoms with E-state index in [1.807, 2.05) is 18.3 Å². The fraction of sp³-hybridized carbons (Fsp3) is 0.545. The Morgan fingerprint density at radius 2 is 2.07 bits per heavy atom. The Labute approximate surface area is 84.4 Å². The van der Waals surface area contributed by atoms with Crippen LogP contribution in [0.1, 0.15) is 31.6 Å². The van der Waals surface area contributed by atoms with E-state index in [4.69, 9.17) is 0 Å². The third-order valence-electron chi connectivity index (χ3n) is 2.67. The van der Waals surface area contributed by atoms with Gasteiger partial charge in [0.05, 0.1) is 23.7 Å². The molecule has 1 aromatic rings. The van der Waals surface area contributed by atoms with Gasteiger partial charge in [0.1, 0.15) is 0 Å². The maximum absolute atomic E-state index is 9.30. The van der Waals surface area contributed by atoms with Crippen LogP contribution in [0.25, 0.3) is 0 Å². The van der Waals surface area contributed by atoms with E-state index >= 15 is 0 Å². The average Bonchev–Trinajstić information content (AvgIpc) is 2.71. The Kier molecular flexibility index (Phi) is 2.68. The topological polar surface area (TPSA) is 36.4 Å². The molecule has 1 N–H and O–H groups in total. The molecule has 0 aromatic carbocycles. The SMILES string of the molecule is CC(O)c1ccc(N2CCCC2)cn1. The van der Waals surface area contributed by atoms with Crippen molar-refractivity contribution >= 4 is 5.69 Å². The molecule has 0 bridgehead atoms. The summed E-state index contributed by atoms with van der Waals surface area (Å²) in [7, 11) is 0. The van der Waals surface area contributed by atoms with E-state index in [1.54, 1.807) is 6.92 Å². The Morgan fingerprint density at radius 3 is 2.57 bits per heavy atom.